The van der Waals surface area contributed by atoms with Gasteiger partial charge in [-0.05, 0) is 61.9 Å². The summed E-state index contributed by atoms with van der Waals surface area (Å²) in [6.45, 7) is 2.98. The second-order valence-electron chi connectivity index (χ2n) is 13.8. The molecule has 20 heteroatoms. The smallest absolute Gasteiger partial charge is 0.352 e. The summed E-state index contributed by atoms with van der Waals surface area (Å²) in [7, 11) is 1.74. The minimum atomic E-state index is -1.78. The van der Waals surface area contributed by atoms with Crippen molar-refractivity contribution >= 4 is 69.3 Å². The zero-order valence-corrected chi connectivity index (χ0v) is 32.5. The number of thioether (sulfide) groups is 1. The molecule has 3 amide bonds. The molecule has 0 unspecified atom stereocenters. The van der Waals surface area contributed by atoms with Crippen LogP contribution in [-0.4, -0.2) is 93.0 Å². The molecule has 4 aromatic rings. The van der Waals surface area contributed by atoms with E-state index in [-0.39, 0.29) is 28.0 Å². The summed E-state index contributed by atoms with van der Waals surface area (Å²) in [5.74, 6) is -4.76. The Morgan fingerprint density at radius 1 is 1.07 bits per heavy atom. The van der Waals surface area contributed by atoms with E-state index in [4.69, 9.17) is 10.6 Å². The quantitative estimate of drug-likeness (QED) is 0.0227. The third-order valence-corrected chi connectivity index (χ3v) is 11.2. The number of hydrogen-bond donors (Lipinski definition) is 7. The Bertz CT molecular complexity index is 2320. The summed E-state index contributed by atoms with van der Waals surface area (Å²) in [6.07, 6.45) is 5.18. The number of β-lactam (4-membered cyclic amide) rings is 1. The molecule has 57 heavy (non-hydrogen) atoms. The molecule has 1 fully saturated rings. The van der Waals surface area contributed by atoms with Crippen molar-refractivity contribution in [1.29, 1.82) is 0 Å². The van der Waals surface area contributed by atoms with Gasteiger partial charge in [0.2, 0.25) is 17.6 Å². The predicted molar refractivity (Wildman–Crippen MR) is 207 cm³/mol. The van der Waals surface area contributed by atoms with E-state index in [9.17, 15) is 44.4 Å². The molecule has 2 aliphatic rings. The summed E-state index contributed by atoms with van der Waals surface area (Å²) in [4.78, 5) is 73.9. The lowest BCUT2D eigenvalue weighted by Crippen LogP contribution is -2.71. The number of nitrogens with two attached hydrogens (primary N) is 1. The predicted octanol–water partition coefficient (Wildman–Crippen LogP) is 2.41. The average Bonchev–Trinajstić information content (AvgIpc) is 3.76. The fourth-order valence-corrected chi connectivity index (χ4v) is 8.02. The highest BCUT2D eigenvalue weighted by Gasteiger charge is 2.54. The van der Waals surface area contributed by atoms with Crippen LogP contribution in [0.2, 0.25) is 0 Å². The number of anilines is 2. The van der Waals surface area contributed by atoms with Gasteiger partial charge < -0.3 is 41.6 Å². The first-order valence-electron chi connectivity index (χ1n) is 17.4. The van der Waals surface area contributed by atoms with Crippen molar-refractivity contribution in [3.05, 3.63) is 94.2 Å². The van der Waals surface area contributed by atoms with Crippen LogP contribution in [0.3, 0.4) is 0 Å². The number of nitrogen functional groups attached to an aromatic ring is 1. The van der Waals surface area contributed by atoms with Gasteiger partial charge in [0, 0.05) is 22.9 Å². The molecule has 2 aromatic carbocycles. The van der Waals surface area contributed by atoms with Gasteiger partial charge in [-0.1, -0.05) is 29.4 Å². The van der Waals surface area contributed by atoms with E-state index in [0.717, 1.165) is 22.5 Å². The summed E-state index contributed by atoms with van der Waals surface area (Å²) in [6, 6.07) is 10.9. The number of aliphatic carboxylic acids is 2. The largest absolute Gasteiger partial charge is 0.504 e. The van der Waals surface area contributed by atoms with E-state index in [1.807, 2.05) is 28.8 Å². The topological polar surface area (TPSA) is 263 Å². The number of nitrogens with one attached hydrogen (secondary N) is 2. The molecule has 8 N–H and O–H groups in total. The first-order valence-corrected chi connectivity index (χ1v) is 19.3. The first kappa shape index (κ1) is 40.3. The lowest BCUT2D eigenvalue weighted by molar-refractivity contribution is -0.687. The highest BCUT2D eigenvalue weighted by Crippen LogP contribution is 2.41. The van der Waals surface area contributed by atoms with Gasteiger partial charge in [0.1, 0.15) is 35.5 Å². The molecule has 0 radical (unpaired) electrons. The molecule has 6 rings (SSSR count). The SMILES string of the molecule is Cn1c[n+](Cc2ccc(CCCC3=C(C(=O)O)N4C(=O)[C@@H](NC(=O)/C(=N\OC(C)(C)C(=O)O)c5csc(N)n5)[C@H]4SC3)cc2)cc1C(=O)Nc1ccc(O)c(O)c1. The number of imidazole rings is 1. The van der Waals surface area contributed by atoms with Crippen molar-refractivity contribution in [3.8, 4) is 11.5 Å². The van der Waals surface area contributed by atoms with Crippen molar-refractivity contribution in [1.82, 2.24) is 19.8 Å². The maximum Gasteiger partial charge on any atom is 0.352 e. The molecule has 1 saturated heterocycles. The molecular formula is C37H39N8O10S2+. The van der Waals surface area contributed by atoms with Crippen LogP contribution in [0.5, 0.6) is 11.5 Å². The second kappa shape index (κ2) is 16.4. The third-order valence-electron chi connectivity index (χ3n) is 9.18. The van der Waals surface area contributed by atoms with Gasteiger partial charge in [0.25, 0.3) is 17.7 Å². The average molecular weight is 820 g/mol. The molecule has 0 aliphatic carbocycles. The van der Waals surface area contributed by atoms with Crippen LogP contribution in [0.1, 0.15) is 54.0 Å². The Labute approximate surface area is 333 Å². The number of carbonyl (C=O) groups excluding carboxylic acids is 3. The second-order valence-corrected chi connectivity index (χ2v) is 15.8. The summed E-state index contributed by atoms with van der Waals surface area (Å²) < 4.78 is 3.54. The molecule has 18 nitrogen and oxygen atoms in total. The van der Waals surface area contributed by atoms with E-state index in [1.54, 1.807) is 24.1 Å². The van der Waals surface area contributed by atoms with Gasteiger partial charge in [-0.25, -0.2) is 23.7 Å². The van der Waals surface area contributed by atoms with E-state index < -0.39 is 52.4 Å². The van der Waals surface area contributed by atoms with Crippen LogP contribution < -0.4 is 20.9 Å². The van der Waals surface area contributed by atoms with Crippen molar-refractivity contribution in [2.45, 2.75) is 56.7 Å². The monoisotopic (exact) mass is 819 g/mol. The van der Waals surface area contributed by atoms with Gasteiger partial charge in [-0.2, -0.15) is 0 Å². The Morgan fingerprint density at radius 3 is 2.44 bits per heavy atom. The number of carbonyl (C=O) groups is 5. The zero-order valence-electron chi connectivity index (χ0n) is 30.8. The van der Waals surface area contributed by atoms with Gasteiger partial charge in [-0.15, -0.1) is 23.1 Å². The maximum atomic E-state index is 13.4. The fraction of sp³-hybridized carbons (Fsp3) is 0.297. The first-order chi connectivity index (χ1) is 27.0. The number of fused-ring (bicyclic) bond motifs is 1. The number of thiazole rings is 1. The van der Waals surface area contributed by atoms with E-state index in [2.05, 4.69) is 20.8 Å². The lowest BCUT2D eigenvalue weighted by Gasteiger charge is -2.49. The molecular weight excluding hydrogens is 781 g/mol. The molecule has 2 aliphatic heterocycles. The van der Waals surface area contributed by atoms with E-state index in [0.29, 0.717) is 48.5 Å². The van der Waals surface area contributed by atoms with Crippen LogP contribution in [0.25, 0.3) is 0 Å². The standard InChI is InChI=1S/C37H38N8O10S2/c1-37(2,35(53)54)55-42-27(23-17-57-36(38)40-23)31(49)41-28-32(50)45-29(34(51)52)21(16-56-33(28)45)6-4-5-19-7-9-20(10-8-19)14-44-15-24(43(3)18-44)30(48)39-22-11-12-25(46)26(47)13-22/h7-13,15,17-18,28,33H,4-6,14,16H2,1-3H3,(H7-,38,39,40,41,42,46,47,48,49,51,52,53,54)/p+1/t28-,33-/m1/s1. The number of oxime groups is 1. The number of carboxylic acids is 2. The number of benzene rings is 2. The molecule has 2 atom stereocenters. The molecule has 0 spiro atoms. The molecule has 2 aromatic heterocycles. The maximum absolute atomic E-state index is 13.4. The molecule has 4 heterocycles. The number of aryl methyl sites for hydroxylation is 2. The van der Waals surface area contributed by atoms with Gasteiger partial charge >= 0.3 is 11.9 Å². The Kier molecular flexibility index (Phi) is 11.6. The van der Waals surface area contributed by atoms with Crippen LogP contribution in [0.15, 0.2) is 76.8 Å². The number of aromatic hydroxyl groups is 2. The van der Waals surface area contributed by atoms with Crippen LogP contribution in [-0.2, 0) is 44.0 Å². The van der Waals surface area contributed by atoms with Gasteiger partial charge in [-0.3, -0.25) is 19.3 Å². The Balaban J connectivity index is 1.04. The summed E-state index contributed by atoms with van der Waals surface area (Å²) in [5.41, 5.74) is 6.80. The number of phenolic OH excluding ortho intramolecular Hbond substituents is 2. The lowest BCUT2D eigenvalue weighted by atomic mass is 9.98. The van der Waals surface area contributed by atoms with Crippen LogP contribution in [0, 0.1) is 0 Å². The highest BCUT2D eigenvalue weighted by atomic mass is 32.2. The number of rotatable bonds is 15. The normalized spacial score (nSPS) is 16.8. The molecule has 298 valence electrons. The van der Waals surface area contributed by atoms with Crippen molar-refractivity contribution in [3.63, 3.8) is 0 Å². The Hall–Kier alpha value is -6.41. The zero-order chi connectivity index (χ0) is 41.2. The van der Waals surface area contributed by atoms with Crippen molar-refractivity contribution < 1.29 is 53.8 Å². The summed E-state index contributed by atoms with van der Waals surface area (Å²) >= 11 is 2.34. The number of carboxylic acid groups (broad SMARTS) is 2. The summed E-state index contributed by atoms with van der Waals surface area (Å²) in [5, 5.41) is 48.7. The molecule has 0 saturated carbocycles. The number of amides is 3. The van der Waals surface area contributed by atoms with Crippen LogP contribution >= 0.6 is 23.1 Å². The van der Waals surface area contributed by atoms with Gasteiger partial charge in [0.15, 0.2) is 22.3 Å². The number of aromatic nitrogens is 3. The van der Waals surface area contributed by atoms with Gasteiger partial charge in [0.05, 0.1) is 7.05 Å². The van der Waals surface area contributed by atoms with Crippen molar-refractivity contribution in [2.24, 2.45) is 12.2 Å². The minimum absolute atomic E-state index is 0.0150. The molecule has 0 bridgehead atoms. The third kappa shape index (κ3) is 8.86. The Morgan fingerprint density at radius 2 is 1.79 bits per heavy atom. The van der Waals surface area contributed by atoms with Crippen molar-refractivity contribution in [2.75, 3.05) is 16.8 Å². The number of hydrogen-bond acceptors (Lipinski definition) is 13. The van der Waals surface area contributed by atoms with E-state index >= 15 is 0 Å². The van der Waals surface area contributed by atoms with Crippen LogP contribution in [0.4, 0.5) is 10.8 Å². The fourth-order valence-electron chi connectivity index (χ4n) is 6.08. The number of nitrogens with zero attached hydrogens (tertiary/aromatic N) is 5. The van der Waals surface area contributed by atoms with E-state index in [1.165, 1.54) is 54.1 Å². The minimum Gasteiger partial charge on any atom is -0.504 e. The highest BCUT2D eigenvalue weighted by molar-refractivity contribution is 8.00. The number of phenols is 2.